The van der Waals surface area contributed by atoms with E-state index in [2.05, 4.69) is 16.8 Å². The first kappa shape index (κ1) is 10.3. The number of pyridine rings is 1. The maximum atomic E-state index is 5.77. The lowest BCUT2D eigenvalue weighted by atomic mass is 10.3. The van der Waals surface area contributed by atoms with Crippen LogP contribution in [-0.4, -0.2) is 18.1 Å². The van der Waals surface area contributed by atoms with E-state index in [1.54, 1.807) is 6.20 Å². The largest absolute Gasteiger partial charge is 0.399 e. The van der Waals surface area contributed by atoms with Gasteiger partial charge in [-0.25, -0.2) is 4.98 Å². The van der Waals surface area contributed by atoms with Gasteiger partial charge in [-0.05, 0) is 31.2 Å². The molecule has 0 aromatic carbocycles. The Balaban J connectivity index is 2.07. The smallest absolute Gasteiger partial charge is 0.130 e. The third-order valence-corrected chi connectivity index (χ3v) is 2.76. The summed E-state index contributed by atoms with van der Waals surface area (Å²) in [5, 5.41) is 0. The van der Waals surface area contributed by atoms with E-state index in [0.717, 1.165) is 36.9 Å². The van der Waals surface area contributed by atoms with Crippen LogP contribution in [0, 0.1) is 5.92 Å². The molecule has 2 N–H and O–H groups in total. The minimum absolute atomic E-state index is 0.803. The maximum absolute atomic E-state index is 5.77. The van der Waals surface area contributed by atoms with Crippen LogP contribution >= 0.6 is 0 Å². The van der Waals surface area contributed by atoms with E-state index in [-0.39, 0.29) is 0 Å². The molecule has 1 aliphatic rings. The number of aromatic nitrogens is 1. The zero-order chi connectivity index (χ0) is 10.7. The third-order valence-electron chi connectivity index (χ3n) is 2.76. The van der Waals surface area contributed by atoms with Crippen molar-refractivity contribution in [1.29, 1.82) is 0 Å². The van der Waals surface area contributed by atoms with Crippen molar-refractivity contribution in [2.45, 2.75) is 26.2 Å². The highest BCUT2D eigenvalue weighted by atomic mass is 15.2. The van der Waals surface area contributed by atoms with Gasteiger partial charge in [0, 0.05) is 31.0 Å². The summed E-state index contributed by atoms with van der Waals surface area (Å²) in [6.07, 6.45) is 5.70. The highest BCUT2D eigenvalue weighted by molar-refractivity contribution is 5.50. The zero-order valence-corrected chi connectivity index (χ0v) is 9.32. The molecule has 1 heterocycles. The van der Waals surface area contributed by atoms with Crippen LogP contribution in [-0.2, 0) is 0 Å². The van der Waals surface area contributed by atoms with Gasteiger partial charge >= 0.3 is 0 Å². The number of rotatable bonds is 5. The maximum Gasteiger partial charge on any atom is 0.130 e. The van der Waals surface area contributed by atoms with Crippen LogP contribution in [0.25, 0.3) is 0 Å². The fraction of sp³-hybridized carbons (Fsp3) is 0.583. The fourth-order valence-electron chi connectivity index (χ4n) is 1.79. The van der Waals surface area contributed by atoms with Gasteiger partial charge in [-0.3, -0.25) is 0 Å². The Kier molecular flexibility index (Phi) is 3.09. The SMILES string of the molecule is CCCN(CC1CC1)c1cc(N)ccn1. The summed E-state index contributed by atoms with van der Waals surface area (Å²) in [4.78, 5) is 6.74. The average Bonchev–Trinajstić information content (AvgIpc) is 3.01. The molecular weight excluding hydrogens is 186 g/mol. The van der Waals surface area contributed by atoms with Crippen LogP contribution in [0.5, 0.6) is 0 Å². The molecule has 0 bridgehead atoms. The molecule has 0 radical (unpaired) electrons. The summed E-state index contributed by atoms with van der Waals surface area (Å²) in [6.45, 7) is 4.42. The van der Waals surface area contributed by atoms with Gasteiger partial charge in [-0.15, -0.1) is 0 Å². The van der Waals surface area contributed by atoms with Crippen molar-refractivity contribution in [3.63, 3.8) is 0 Å². The van der Waals surface area contributed by atoms with Crippen molar-refractivity contribution in [2.24, 2.45) is 5.92 Å². The van der Waals surface area contributed by atoms with Gasteiger partial charge in [-0.1, -0.05) is 6.92 Å². The molecule has 1 aromatic rings. The number of nitrogens with two attached hydrogens (primary N) is 1. The van der Waals surface area contributed by atoms with Gasteiger partial charge in [0.25, 0.3) is 0 Å². The Labute approximate surface area is 91.3 Å². The second-order valence-electron chi connectivity index (χ2n) is 4.34. The Morgan fingerprint density at radius 1 is 1.53 bits per heavy atom. The van der Waals surface area contributed by atoms with E-state index in [1.165, 1.54) is 12.8 Å². The average molecular weight is 205 g/mol. The van der Waals surface area contributed by atoms with E-state index >= 15 is 0 Å². The second-order valence-corrected chi connectivity index (χ2v) is 4.34. The Bertz CT molecular complexity index is 320. The third kappa shape index (κ3) is 2.85. The fourth-order valence-corrected chi connectivity index (χ4v) is 1.79. The van der Waals surface area contributed by atoms with Gasteiger partial charge in [0.2, 0.25) is 0 Å². The van der Waals surface area contributed by atoms with Crippen molar-refractivity contribution in [3.05, 3.63) is 18.3 Å². The first-order valence-electron chi connectivity index (χ1n) is 5.76. The lowest BCUT2D eigenvalue weighted by Crippen LogP contribution is -2.27. The normalized spacial score (nSPS) is 15.3. The van der Waals surface area contributed by atoms with Crippen molar-refractivity contribution in [3.8, 4) is 0 Å². The first-order chi connectivity index (χ1) is 7.29. The monoisotopic (exact) mass is 205 g/mol. The van der Waals surface area contributed by atoms with E-state index in [4.69, 9.17) is 5.73 Å². The molecular formula is C12H19N3. The zero-order valence-electron chi connectivity index (χ0n) is 9.32. The molecule has 0 aliphatic heterocycles. The molecule has 2 rings (SSSR count). The standard InChI is InChI=1S/C12H19N3/c1-2-7-15(9-10-3-4-10)12-8-11(13)5-6-14-12/h5-6,8,10H,2-4,7,9H2,1H3,(H2,13,14). The summed E-state index contributed by atoms with van der Waals surface area (Å²) in [5.41, 5.74) is 6.58. The van der Waals surface area contributed by atoms with Crippen molar-refractivity contribution >= 4 is 11.5 Å². The van der Waals surface area contributed by atoms with E-state index in [1.807, 2.05) is 12.1 Å². The van der Waals surface area contributed by atoms with E-state index < -0.39 is 0 Å². The number of nitrogen functional groups attached to an aromatic ring is 1. The van der Waals surface area contributed by atoms with Gasteiger partial charge in [0.05, 0.1) is 0 Å². The summed E-state index contributed by atoms with van der Waals surface area (Å²) in [5.74, 6) is 1.92. The summed E-state index contributed by atoms with van der Waals surface area (Å²) < 4.78 is 0. The summed E-state index contributed by atoms with van der Waals surface area (Å²) in [6, 6.07) is 3.81. The second kappa shape index (κ2) is 4.51. The Morgan fingerprint density at radius 2 is 2.33 bits per heavy atom. The number of hydrogen-bond acceptors (Lipinski definition) is 3. The van der Waals surface area contributed by atoms with Crippen LogP contribution < -0.4 is 10.6 Å². The molecule has 0 spiro atoms. The molecule has 0 saturated heterocycles. The molecule has 82 valence electrons. The number of nitrogens with zero attached hydrogens (tertiary/aromatic N) is 2. The number of hydrogen-bond donors (Lipinski definition) is 1. The van der Waals surface area contributed by atoms with E-state index in [9.17, 15) is 0 Å². The van der Waals surface area contributed by atoms with Crippen LogP contribution in [0.3, 0.4) is 0 Å². The lowest BCUT2D eigenvalue weighted by Gasteiger charge is -2.23. The van der Waals surface area contributed by atoms with Gasteiger partial charge < -0.3 is 10.6 Å². The minimum Gasteiger partial charge on any atom is -0.399 e. The molecule has 15 heavy (non-hydrogen) atoms. The lowest BCUT2D eigenvalue weighted by molar-refractivity contribution is 0.699. The molecule has 3 heteroatoms. The molecule has 0 atom stereocenters. The molecule has 1 aliphatic carbocycles. The van der Waals surface area contributed by atoms with Crippen LogP contribution in [0.15, 0.2) is 18.3 Å². The predicted octanol–water partition coefficient (Wildman–Crippen LogP) is 2.29. The van der Waals surface area contributed by atoms with Crippen molar-refractivity contribution < 1.29 is 0 Å². The molecule has 1 fully saturated rings. The van der Waals surface area contributed by atoms with Crippen molar-refractivity contribution in [1.82, 2.24) is 4.98 Å². The Hall–Kier alpha value is -1.25. The molecule has 0 amide bonds. The van der Waals surface area contributed by atoms with Gasteiger partial charge in [0.15, 0.2) is 0 Å². The molecule has 1 aromatic heterocycles. The Morgan fingerprint density at radius 3 is 2.93 bits per heavy atom. The summed E-state index contributed by atoms with van der Waals surface area (Å²) in [7, 11) is 0. The van der Waals surface area contributed by atoms with Crippen LogP contribution in [0.2, 0.25) is 0 Å². The van der Waals surface area contributed by atoms with Crippen LogP contribution in [0.4, 0.5) is 11.5 Å². The highest BCUT2D eigenvalue weighted by Gasteiger charge is 2.24. The van der Waals surface area contributed by atoms with Gasteiger partial charge in [-0.2, -0.15) is 0 Å². The molecule has 0 unspecified atom stereocenters. The minimum atomic E-state index is 0.803. The quantitative estimate of drug-likeness (QED) is 0.802. The van der Waals surface area contributed by atoms with Crippen LogP contribution in [0.1, 0.15) is 26.2 Å². The summed E-state index contributed by atoms with van der Waals surface area (Å²) >= 11 is 0. The predicted molar refractivity (Wildman–Crippen MR) is 63.9 cm³/mol. The van der Waals surface area contributed by atoms with Crippen molar-refractivity contribution in [2.75, 3.05) is 23.7 Å². The highest BCUT2D eigenvalue weighted by Crippen LogP contribution is 2.31. The topological polar surface area (TPSA) is 42.1 Å². The van der Waals surface area contributed by atoms with Gasteiger partial charge in [0.1, 0.15) is 5.82 Å². The van der Waals surface area contributed by atoms with E-state index in [0.29, 0.717) is 0 Å². The first-order valence-corrected chi connectivity index (χ1v) is 5.76. The molecule has 3 nitrogen and oxygen atoms in total. The number of anilines is 2. The molecule has 1 saturated carbocycles.